The van der Waals surface area contributed by atoms with Crippen molar-refractivity contribution in [3.05, 3.63) is 69.7 Å². The largest absolute Gasteiger partial charge is 0.321 e. The first-order chi connectivity index (χ1) is 9.55. The van der Waals surface area contributed by atoms with Crippen molar-refractivity contribution in [3.8, 4) is 0 Å². The van der Waals surface area contributed by atoms with E-state index >= 15 is 0 Å². The fourth-order valence-corrected chi connectivity index (χ4v) is 2.89. The van der Waals surface area contributed by atoms with Gasteiger partial charge >= 0.3 is 0 Å². The van der Waals surface area contributed by atoms with E-state index in [0.717, 1.165) is 30.4 Å². The van der Waals surface area contributed by atoms with Crippen LogP contribution in [0.5, 0.6) is 0 Å². The topological polar surface area (TPSA) is 26.0 Å². The van der Waals surface area contributed by atoms with Crippen LogP contribution >= 0.6 is 23.2 Å². The molecule has 0 aliphatic heterocycles. The molecule has 0 bridgehead atoms. The smallest absolute Gasteiger partial charge is 0.0595 e. The Bertz CT molecular complexity index is 568. The van der Waals surface area contributed by atoms with Gasteiger partial charge in [0.25, 0.3) is 0 Å². The number of hydrogen-bond acceptors (Lipinski definition) is 1. The Hall–Kier alpha value is -1.02. The average molecular weight is 308 g/mol. The number of hydrogen-bond donors (Lipinski definition) is 1. The van der Waals surface area contributed by atoms with Crippen molar-refractivity contribution in [2.24, 2.45) is 5.73 Å². The monoisotopic (exact) mass is 307 g/mol. The molecule has 0 radical (unpaired) electrons. The minimum Gasteiger partial charge on any atom is -0.321 e. The Morgan fingerprint density at radius 2 is 1.70 bits per heavy atom. The quantitative estimate of drug-likeness (QED) is 0.808. The van der Waals surface area contributed by atoms with Crippen LogP contribution in [0.3, 0.4) is 0 Å². The summed E-state index contributed by atoms with van der Waals surface area (Å²) in [4.78, 5) is 0. The second-order valence-corrected chi connectivity index (χ2v) is 6.01. The SMILES string of the molecule is CCCC(N)(Cc1ccc(Cl)c(Cl)c1)c1ccccc1. The summed E-state index contributed by atoms with van der Waals surface area (Å²) >= 11 is 12.1. The van der Waals surface area contributed by atoms with Crippen LogP contribution in [0.25, 0.3) is 0 Å². The Balaban J connectivity index is 2.31. The van der Waals surface area contributed by atoms with Crippen LogP contribution in [-0.2, 0) is 12.0 Å². The molecule has 0 saturated carbocycles. The fraction of sp³-hybridized carbons (Fsp3) is 0.294. The zero-order valence-corrected chi connectivity index (χ0v) is 13.1. The minimum atomic E-state index is -0.368. The zero-order chi connectivity index (χ0) is 14.6. The molecule has 1 nitrogen and oxygen atoms in total. The van der Waals surface area contributed by atoms with Crippen LogP contribution in [-0.4, -0.2) is 0 Å². The summed E-state index contributed by atoms with van der Waals surface area (Å²) < 4.78 is 0. The van der Waals surface area contributed by atoms with Gasteiger partial charge in [0.05, 0.1) is 10.0 Å². The highest BCUT2D eigenvalue weighted by Crippen LogP contribution is 2.30. The van der Waals surface area contributed by atoms with Crippen LogP contribution in [0, 0.1) is 0 Å². The van der Waals surface area contributed by atoms with E-state index in [2.05, 4.69) is 19.1 Å². The van der Waals surface area contributed by atoms with Gasteiger partial charge in [-0.05, 0) is 36.1 Å². The molecular formula is C17H19Cl2N. The molecule has 0 aliphatic rings. The fourth-order valence-electron chi connectivity index (χ4n) is 2.56. The molecule has 3 heteroatoms. The Kier molecular flexibility index (Phi) is 5.09. The van der Waals surface area contributed by atoms with E-state index in [-0.39, 0.29) is 5.54 Å². The van der Waals surface area contributed by atoms with Gasteiger partial charge in [-0.1, -0.05) is 72.9 Å². The molecule has 0 saturated heterocycles. The summed E-state index contributed by atoms with van der Waals surface area (Å²) in [5.74, 6) is 0. The van der Waals surface area contributed by atoms with Crippen LogP contribution in [0.2, 0.25) is 10.0 Å². The van der Waals surface area contributed by atoms with Gasteiger partial charge in [0.15, 0.2) is 0 Å². The lowest BCUT2D eigenvalue weighted by atomic mass is 9.81. The molecule has 2 aromatic rings. The first kappa shape index (κ1) is 15.4. The van der Waals surface area contributed by atoms with Crippen molar-refractivity contribution in [1.29, 1.82) is 0 Å². The highest BCUT2D eigenvalue weighted by atomic mass is 35.5. The molecule has 2 aromatic carbocycles. The Morgan fingerprint density at radius 3 is 2.30 bits per heavy atom. The van der Waals surface area contributed by atoms with Gasteiger partial charge in [0.1, 0.15) is 0 Å². The summed E-state index contributed by atoms with van der Waals surface area (Å²) in [6.45, 7) is 2.15. The molecule has 1 atom stereocenters. The van der Waals surface area contributed by atoms with Crippen LogP contribution < -0.4 is 5.73 Å². The predicted octanol–water partition coefficient (Wildman–Crippen LogP) is 5.19. The minimum absolute atomic E-state index is 0.368. The Labute approximate surface area is 130 Å². The van der Waals surface area contributed by atoms with E-state index in [1.165, 1.54) is 0 Å². The molecule has 20 heavy (non-hydrogen) atoms. The van der Waals surface area contributed by atoms with Crippen molar-refractivity contribution in [2.45, 2.75) is 31.7 Å². The lowest BCUT2D eigenvalue weighted by Crippen LogP contribution is -2.38. The molecule has 0 amide bonds. The first-order valence-corrected chi connectivity index (χ1v) is 7.59. The van der Waals surface area contributed by atoms with E-state index < -0.39 is 0 Å². The number of rotatable bonds is 5. The maximum atomic E-state index is 6.67. The van der Waals surface area contributed by atoms with Crippen molar-refractivity contribution < 1.29 is 0 Å². The average Bonchev–Trinajstić information content (AvgIpc) is 2.44. The van der Waals surface area contributed by atoms with Crippen molar-refractivity contribution >= 4 is 23.2 Å². The van der Waals surface area contributed by atoms with Crippen molar-refractivity contribution in [3.63, 3.8) is 0 Å². The maximum Gasteiger partial charge on any atom is 0.0595 e. The molecule has 2 rings (SSSR count). The molecule has 0 aromatic heterocycles. The van der Waals surface area contributed by atoms with Gasteiger partial charge in [-0.2, -0.15) is 0 Å². The third kappa shape index (κ3) is 3.54. The molecule has 0 aliphatic carbocycles. The molecule has 1 unspecified atom stereocenters. The Morgan fingerprint density at radius 1 is 1.00 bits per heavy atom. The van der Waals surface area contributed by atoms with Gasteiger partial charge in [-0.25, -0.2) is 0 Å². The van der Waals surface area contributed by atoms with E-state index in [9.17, 15) is 0 Å². The predicted molar refractivity (Wildman–Crippen MR) is 87.4 cm³/mol. The second-order valence-electron chi connectivity index (χ2n) is 5.20. The lowest BCUT2D eigenvalue weighted by molar-refractivity contribution is 0.401. The normalized spacial score (nSPS) is 14.0. The summed E-state index contributed by atoms with van der Waals surface area (Å²) in [6, 6.07) is 16.0. The molecule has 0 heterocycles. The first-order valence-electron chi connectivity index (χ1n) is 6.83. The second kappa shape index (κ2) is 6.62. The summed E-state index contributed by atoms with van der Waals surface area (Å²) in [6.07, 6.45) is 2.71. The molecule has 106 valence electrons. The summed E-state index contributed by atoms with van der Waals surface area (Å²) in [5.41, 5.74) is 8.58. The van der Waals surface area contributed by atoms with Crippen LogP contribution in [0.15, 0.2) is 48.5 Å². The van der Waals surface area contributed by atoms with Gasteiger partial charge in [-0.15, -0.1) is 0 Å². The highest BCUT2D eigenvalue weighted by Gasteiger charge is 2.26. The van der Waals surface area contributed by atoms with Crippen molar-refractivity contribution in [2.75, 3.05) is 0 Å². The third-order valence-corrected chi connectivity index (χ3v) is 4.29. The summed E-state index contributed by atoms with van der Waals surface area (Å²) in [5, 5.41) is 1.16. The van der Waals surface area contributed by atoms with E-state index in [1.54, 1.807) is 0 Å². The van der Waals surface area contributed by atoms with Crippen molar-refractivity contribution in [1.82, 2.24) is 0 Å². The maximum absolute atomic E-state index is 6.67. The highest BCUT2D eigenvalue weighted by molar-refractivity contribution is 6.42. The summed E-state index contributed by atoms with van der Waals surface area (Å²) in [7, 11) is 0. The molecule has 2 N–H and O–H groups in total. The van der Waals surface area contributed by atoms with E-state index in [4.69, 9.17) is 28.9 Å². The third-order valence-electron chi connectivity index (χ3n) is 3.55. The lowest BCUT2D eigenvalue weighted by Gasteiger charge is -2.30. The molecular weight excluding hydrogens is 289 g/mol. The zero-order valence-electron chi connectivity index (χ0n) is 11.6. The standard InChI is InChI=1S/C17H19Cl2N/c1-2-10-17(20,14-6-4-3-5-7-14)12-13-8-9-15(18)16(19)11-13/h3-9,11H,2,10,12,20H2,1H3. The van der Waals surface area contributed by atoms with Gasteiger partial charge < -0.3 is 5.73 Å². The molecule has 0 spiro atoms. The van der Waals surface area contributed by atoms with Crippen LogP contribution in [0.1, 0.15) is 30.9 Å². The van der Waals surface area contributed by atoms with E-state index in [0.29, 0.717) is 10.0 Å². The number of nitrogens with two attached hydrogens (primary N) is 1. The van der Waals surface area contributed by atoms with Gasteiger partial charge in [0, 0.05) is 5.54 Å². The molecule has 0 fully saturated rings. The number of benzene rings is 2. The van der Waals surface area contributed by atoms with Gasteiger partial charge in [-0.3, -0.25) is 0 Å². The van der Waals surface area contributed by atoms with Gasteiger partial charge in [0.2, 0.25) is 0 Å². The van der Waals surface area contributed by atoms with E-state index in [1.807, 2.05) is 36.4 Å². The number of halogens is 2. The van der Waals surface area contributed by atoms with Crippen LogP contribution in [0.4, 0.5) is 0 Å².